The Bertz CT molecular complexity index is 534. The molecule has 2 aromatic carbocycles. The topological polar surface area (TPSA) is 0 Å². The van der Waals surface area contributed by atoms with Gasteiger partial charge in [0.15, 0.2) is 0 Å². The maximum Gasteiger partial charge on any atom is 0.128 e. The second-order valence-corrected chi connectivity index (χ2v) is 4.57. The van der Waals surface area contributed by atoms with E-state index in [0.29, 0.717) is 0 Å². The zero-order chi connectivity index (χ0) is 10.4. The third-order valence-electron chi connectivity index (χ3n) is 2.83. The lowest BCUT2D eigenvalue weighted by molar-refractivity contribution is 0.616. The second kappa shape index (κ2) is 3.17. The molecule has 0 nitrogen and oxygen atoms in total. The summed E-state index contributed by atoms with van der Waals surface area (Å²) in [6.45, 7) is 0. The number of halogens is 2. The van der Waals surface area contributed by atoms with Gasteiger partial charge in [-0.2, -0.15) is 0 Å². The van der Waals surface area contributed by atoms with Crippen molar-refractivity contribution in [3.8, 4) is 11.1 Å². The van der Waals surface area contributed by atoms with E-state index >= 15 is 0 Å². The molecule has 0 amide bonds. The standard InChI is InChI=1S/C13H8BrF/c14-13-10-5-2-1-4-8(10)9-6-3-7-11(15)12(9)13/h1-7,13H/t13-/m1/s1. The lowest BCUT2D eigenvalue weighted by Crippen LogP contribution is -1.89. The van der Waals surface area contributed by atoms with Crippen molar-refractivity contribution in [3.05, 3.63) is 59.4 Å². The number of benzene rings is 2. The van der Waals surface area contributed by atoms with E-state index in [-0.39, 0.29) is 10.6 Å². The average Bonchev–Trinajstić information content (AvgIpc) is 2.55. The molecule has 0 aromatic heterocycles. The minimum atomic E-state index is -0.134. The van der Waals surface area contributed by atoms with E-state index in [1.807, 2.05) is 30.3 Å². The molecule has 0 radical (unpaired) electrons. The zero-order valence-electron chi connectivity index (χ0n) is 7.87. The van der Waals surface area contributed by atoms with Crippen LogP contribution in [0.1, 0.15) is 16.0 Å². The van der Waals surface area contributed by atoms with Crippen molar-refractivity contribution in [2.75, 3.05) is 0 Å². The van der Waals surface area contributed by atoms with Crippen LogP contribution in [0.2, 0.25) is 0 Å². The van der Waals surface area contributed by atoms with Crippen molar-refractivity contribution in [2.45, 2.75) is 4.83 Å². The molecular weight excluding hydrogens is 255 g/mol. The van der Waals surface area contributed by atoms with Crippen molar-refractivity contribution < 1.29 is 4.39 Å². The molecule has 1 aliphatic carbocycles. The van der Waals surface area contributed by atoms with Crippen LogP contribution in [-0.4, -0.2) is 0 Å². The average molecular weight is 263 g/mol. The molecule has 0 saturated carbocycles. The van der Waals surface area contributed by atoms with Crippen LogP contribution in [0.5, 0.6) is 0 Å². The zero-order valence-corrected chi connectivity index (χ0v) is 9.46. The monoisotopic (exact) mass is 262 g/mol. The molecule has 2 heteroatoms. The van der Waals surface area contributed by atoms with Gasteiger partial charge in [0.2, 0.25) is 0 Å². The highest BCUT2D eigenvalue weighted by Crippen LogP contribution is 2.48. The summed E-state index contributed by atoms with van der Waals surface area (Å²) in [4.78, 5) is -0.00935. The molecule has 0 fully saturated rings. The van der Waals surface area contributed by atoms with Crippen molar-refractivity contribution >= 4 is 15.9 Å². The summed E-state index contributed by atoms with van der Waals surface area (Å²) in [6.07, 6.45) is 0. The van der Waals surface area contributed by atoms with E-state index in [1.165, 1.54) is 6.07 Å². The van der Waals surface area contributed by atoms with Gasteiger partial charge >= 0.3 is 0 Å². The van der Waals surface area contributed by atoms with Crippen molar-refractivity contribution in [1.82, 2.24) is 0 Å². The Morgan fingerprint density at radius 3 is 2.53 bits per heavy atom. The summed E-state index contributed by atoms with van der Waals surface area (Å²) in [5, 5.41) is 0. The molecule has 0 spiro atoms. The molecule has 0 heterocycles. The highest BCUT2D eigenvalue weighted by atomic mass is 79.9. The first kappa shape index (κ1) is 9.10. The molecule has 0 bridgehead atoms. The molecule has 1 atom stereocenters. The number of rotatable bonds is 0. The smallest absolute Gasteiger partial charge is 0.128 e. The summed E-state index contributed by atoms with van der Waals surface area (Å²) in [5.74, 6) is -0.134. The normalized spacial score (nSPS) is 17.3. The van der Waals surface area contributed by atoms with Crippen LogP contribution >= 0.6 is 15.9 Å². The molecule has 0 unspecified atom stereocenters. The fraction of sp³-hybridized carbons (Fsp3) is 0.0769. The van der Waals surface area contributed by atoms with Gasteiger partial charge in [-0.3, -0.25) is 0 Å². The molecule has 0 saturated heterocycles. The van der Waals surface area contributed by atoms with E-state index in [9.17, 15) is 4.39 Å². The lowest BCUT2D eigenvalue weighted by Gasteiger charge is -2.04. The fourth-order valence-corrected chi connectivity index (χ4v) is 3.01. The van der Waals surface area contributed by atoms with E-state index < -0.39 is 0 Å². The maximum atomic E-state index is 13.7. The number of alkyl halides is 1. The Balaban J connectivity index is 2.37. The molecule has 3 rings (SSSR count). The van der Waals surface area contributed by atoms with E-state index in [4.69, 9.17) is 0 Å². The Morgan fingerprint density at radius 1 is 0.933 bits per heavy atom. The minimum absolute atomic E-state index is 0.00935. The van der Waals surface area contributed by atoms with Crippen LogP contribution < -0.4 is 0 Å². The first-order valence-corrected chi connectivity index (χ1v) is 5.72. The first-order chi connectivity index (χ1) is 7.29. The predicted molar refractivity (Wildman–Crippen MR) is 62.6 cm³/mol. The molecule has 74 valence electrons. The predicted octanol–water partition coefficient (Wildman–Crippen LogP) is 4.29. The van der Waals surface area contributed by atoms with E-state index in [2.05, 4.69) is 15.9 Å². The lowest BCUT2D eigenvalue weighted by atomic mass is 10.1. The largest absolute Gasteiger partial charge is 0.207 e. The van der Waals surface area contributed by atoms with Gasteiger partial charge in [-0.15, -0.1) is 0 Å². The molecule has 2 aromatic rings. The Hall–Kier alpha value is -1.15. The van der Waals surface area contributed by atoms with Crippen molar-refractivity contribution in [3.63, 3.8) is 0 Å². The Kier molecular flexibility index (Phi) is 1.93. The second-order valence-electron chi connectivity index (χ2n) is 3.65. The SMILES string of the molecule is Fc1cccc2c1[C@H](Br)c1ccccc1-2. The third kappa shape index (κ3) is 1.18. The van der Waals surface area contributed by atoms with Crippen molar-refractivity contribution in [2.24, 2.45) is 0 Å². The van der Waals surface area contributed by atoms with E-state index in [0.717, 1.165) is 22.3 Å². The van der Waals surface area contributed by atoms with Crippen LogP contribution in [0.15, 0.2) is 42.5 Å². The van der Waals surface area contributed by atoms with Gasteiger partial charge in [0.1, 0.15) is 5.82 Å². The molecule has 0 N–H and O–H groups in total. The number of fused-ring (bicyclic) bond motifs is 3. The number of hydrogen-bond donors (Lipinski definition) is 0. The van der Waals surface area contributed by atoms with Crippen LogP contribution in [0.4, 0.5) is 4.39 Å². The Labute approximate surface area is 95.9 Å². The van der Waals surface area contributed by atoms with Crippen LogP contribution in [0.25, 0.3) is 11.1 Å². The van der Waals surface area contributed by atoms with Gasteiger partial charge in [0.25, 0.3) is 0 Å². The fourth-order valence-electron chi connectivity index (χ4n) is 2.15. The quantitative estimate of drug-likeness (QED) is 0.622. The van der Waals surface area contributed by atoms with Gasteiger partial charge in [0.05, 0.1) is 4.83 Å². The summed E-state index contributed by atoms with van der Waals surface area (Å²) in [6, 6.07) is 13.3. The molecule has 1 aliphatic rings. The van der Waals surface area contributed by atoms with Gasteiger partial charge < -0.3 is 0 Å². The van der Waals surface area contributed by atoms with E-state index in [1.54, 1.807) is 6.07 Å². The first-order valence-electron chi connectivity index (χ1n) is 4.81. The molecule has 0 aliphatic heterocycles. The summed E-state index contributed by atoms with van der Waals surface area (Å²) >= 11 is 3.55. The van der Waals surface area contributed by atoms with Gasteiger partial charge in [-0.25, -0.2) is 4.39 Å². The molecular formula is C13H8BrF. The highest BCUT2D eigenvalue weighted by molar-refractivity contribution is 9.09. The third-order valence-corrected chi connectivity index (χ3v) is 3.78. The summed E-state index contributed by atoms with van der Waals surface area (Å²) < 4.78 is 13.7. The summed E-state index contributed by atoms with van der Waals surface area (Å²) in [5.41, 5.74) is 4.05. The van der Waals surface area contributed by atoms with Crippen LogP contribution in [0, 0.1) is 5.82 Å². The number of hydrogen-bond acceptors (Lipinski definition) is 0. The van der Waals surface area contributed by atoms with Crippen molar-refractivity contribution in [1.29, 1.82) is 0 Å². The van der Waals surface area contributed by atoms with Crippen LogP contribution in [0.3, 0.4) is 0 Å². The Morgan fingerprint density at radius 2 is 1.67 bits per heavy atom. The minimum Gasteiger partial charge on any atom is -0.207 e. The maximum absolute atomic E-state index is 13.7. The van der Waals surface area contributed by atoms with Gasteiger partial charge in [-0.05, 0) is 22.8 Å². The summed E-state index contributed by atoms with van der Waals surface area (Å²) in [7, 11) is 0. The van der Waals surface area contributed by atoms with Gasteiger partial charge in [0, 0.05) is 5.56 Å². The van der Waals surface area contributed by atoms with Gasteiger partial charge in [-0.1, -0.05) is 52.3 Å². The van der Waals surface area contributed by atoms with Crippen LogP contribution in [-0.2, 0) is 0 Å². The highest BCUT2D eigenvalue weighted by Gasteiger charge is 2.28. The molecule has 15 heavy (non-hydrogen) atoms.